The number of rotatable bonds is 8. The fraction of sp³-hybridized carbons (Fsp3) is 0.409. The second-order valence-electron chi connectivity index (χ2n) is 7.00. The number of hydrogen-bond donors (Lipinski definition) is 0. The molecule has 0 aliphatic carbocycles. The summed E-state index contributed by atoms with van der Waals surface area (Å²) in [6, 6.07) is 10.9. The average Bonchev–Trinajstić information content (AvgIpc) is 3.07. The van der Waals surface area contributed by atoms with Crippen LogP contribution in [0.3, 0.4) is 0 Å². The van der Waals surface area contributed by atoms with E-state index in [1.807, 2.05) is 50.1 Å². The summed E-state index contributed by atoms with van der Waals surface area (Å²) in [7, 11) is 3.14. The molecule has 0 radical (unpaired) electrons. The van der Waals surface area contributed by atoms with Crippen LogP contribution in [0, 0.1) is 25.2 Å². The van der Waals surface area contributed by atoms with E-state index in [1.165, 1.54) is 7.11 Å². The van der Waals surface area contributed by atoms with Crippen LogP contribution < -0.4 is 4.90 Å². The van der Waals surface area contributed by atoms with E-state index in [4.69, 9.17) is 14.4 Å². The third kappa shape index (κ3) is 5.46. The van der Waals surface area contributed by atoms with Gasteiger partial charge < -0.3 is 14.1 Å². The quantitative estimate of drug-likeness (QED) is 0.634. The molecule has 1 unspecified atom stereocenters. The highest BCUT2D eigenvalue weighted by Crippen LogP contribution is 2.20. The van der Waals surface area contributed by atoms with Gasteiger partial charge in [0.25, 0.3) is 0 Å². The van der Waals surface area contributed by atoms with Gasteiger partial charge in [0, 0.05) is 12.2 Å². The predicted octanol–water partition coefficient (Wildman–Crippen LogP) is 3.45. The Labute approximate surface area is 171 Å². The number of anilines is 1. The molecule has 0 saturated carbocycles. The number of furan rings is 1. The van der Waals surface area contributed by atoms with E-state index >= 15 is 0 Å². The van der Waals surface area contributed by atoms with Gasteiger partial charge in [0.15, 0.2) is 0 Å². The number of amides is 1. The number of carbonyl (C=O) groups is 2. The fourth-order valence-corrected chi connectivity index (χ4v) is 2.98. The molecule has 0 N–H and O–H groups in total. The molecule has 0 fully saturated rings. The zero-order chi connectivity index (χ0) is 21.6. The number of ether oxygens (including phenoxy) is 1. The third-order valence-corrected chi connectivity index (χ3v) is 4.86. The molecule has 0 bridgehead atoms. The second-order valence-corrected chi connectivity index (χ2v) is 7.00. The van der Waals surface area contributed by atoms with Crippen molar-refractivity contribution >= 4 is 17.6 Å². The third-order valence-electron chi connectivity index (χ3n) is 4.86. The summed E-state index contributed by atoms with van der Waals surface area (Å²) in [6.07, 6.45) is 0.246. The molecule has 2 aromatic rings. The molecule has 0 aliphatic rings. The summed E-state index contributed by atoms with van der Waals surface area (Å²) in [4.78, 5) is 28.4. The Morgan fingerprint density at radius 2 is 1.90 bits per heavy atom. The molecule has 154 valence electrons. The van der Waals surface area contributed by atoms with Crippen LogP contribution in [0.5, 0.6) is 0 Å². The Hall–Kier alpha value is -3.11. The van der Waals surface area contributed by atoms with Crippen molar-refractivity contribution in [3.63, 3.8) is 0 Å². The number of nitrogens with zero attached hydrogens (tertiary/aromatic N) is 3. The number of nitriles is 1. The van der Waals surface area contributed by atoms with Gasteiger partial charge >= 0.3 is 5.97 Å². The largest absolute Gasteiger partial charge is 0.465 e. The maximum absolute atomic E-state index is 13.2. The molecular formula is C22H27N3O4. The van der Waals surface area contributed by atoms with Crippen LogP contribution in [0.15, 0.2) is 34.7 Å². The zero-order valence-electron chi connectivity index (χ0n) is 17.6. The summed E-state index contributed by atoms with van der Waals surface area (Å²) >= 11 is 0. The molecule has 1 aromatic heterocycles. The van der Waals surface area contributed by atoms with Crippen LogP contribution in [0.1, 0.15) is 40.8 Å². The summed E-state index contributed by atoms with van der Waals surface area (Å²) in [5.41, 5.74) is 2.24. The Morgan fingerprint density at radius 1 is 1.24 bits per heavy atom. The maximum Gasteiger partial charge on any atom is 0.341 e. The van der Waals surface area contributed by atoms with E-state index in [2.05, 4.69) is 6.07 Å². The molecule has 0 saturated heterocycles. The number of likely N-dealkylation sites (N-methyl/N-ethyl adjacent to an activating group) is 1. The molecule has 29 heavy (non-hydrogen) atoms. The van der Waals surface area contributed by atoms with E-state index in [1.54, 1.807) is 17.9 Å². The van der Waals surface area contributed by atoms with Gasteiger partial charge in [-0.25, -0.2) is 4.79 Å². The summed E-state index contributed by atoms with van der Waals surface area (Å²) in [5, 5.41) is 8.98. The first kappa shape index (κ1) is 22.2. The van der Waals surface area contributed by atoms with Gasteiger partial charge in [-0.15, -0.1) is 0 Å². The minimum Gasteiger partial charge on any atom is -0.465 e. The highest BCUT2D eigenvalue weighted by Gasteiger charge is 2.26. The van der Waals surface area contributed by atoms with Gasteiger partial charge in [-0.3, -0.25) is 9.69 Å². The lowest BCUT2D eigenvalue weighted by Crippen LogP contribution is -2.46. The molecule has 1 aromatic carbocycles. The van der Waals surface area contributed by atoms with Crippen molar-refractivity contribution in [3.05, 3.63) is 53.0 Å². The van der Waals surface area contributed by atoms with Crippen LogP contribution in [0.4, 0.5) is 5.69 Å². The average molecular weight is 397 g/mol. The maximum atomic E-state index is 13.2. The lowest BCUT2D eigenvalue weighted by atomic mass is 10.1. The normalized spacial score (nSPS) is 11.8. The topological polar surface area (TPSA) is 86.8 Å². The van der Waals surface area contributed by atoms with Crippen molar-refractivity contribution in [1.82, 2.24) is 4.90 Å². The summed E-state index contributed by atoms with van der Waals surface area (Å²) in [6.45, 7) is 6.17. The van der Waals surface area contributed by atoms with Gasteiger partial charge in [0.1, 0.15) is 17.1 Å². The Kier molecular flexibility index (Phi) is 7.57. The molecule has 1 atom stereocenters. The molecule has 0 spiro atoms. The number of methoxy groups -OCH3 is 1. The SMILES string of the molecule is COC(=O)c1cc(CN(C)C(C)C(=O)N(CCC#N)c2ccc(C)cc2)oc1C. The molecule has 1 heterocycles. The lowest BCUT2D eigenvalue weighted by Gasteiger charge is -2.30. The van der Waals surface area contributed by atoms with E-state index in [0.717, 1.165) is 11.3 Å². The first-order valence-electron chi connectivity index (χ1n) is 9.41. The minimum absolute atomic E-state index is 0.108. The van der Waals surface area contributed by atoms with Crippen LogP contribution >= 0.6 is 0 Å². The molecule has 1 amide bonds. The van der Waals surface area contributed by atoms with Crippen molar-refractivity contribution in [3.8, 4) is 6.07 Å². The number of aryl methyl sites for hydroxylation is 2. The molecular weight excluding hydrogens is 370 g/mol. The van der Waals surface area contributed by atoms with Crippen LogP contribution in [0.2, 0.25) is 0 Å². The standard InChI is InChI=1S/C22H27N3O4/c1-15-7-9-18(10-8-15)25(12-6-11-23)21(26)16(2)24(4)14-19-13-20(17(3)29-19)22(27)28-5/h7-10,13,16H,6,12,14H2,1-5H3. The van der Waals surface area contributed by atoms with Crippen molar-refractivity contribution in [2.75, 3.05) is 25.6 Å². The summed E-state index contributed by atoms with van der Waals surface area (Å²) in [5.74, 6) is 0.493. The van der Waals surface area contributed by atoms with Gasteiger partial charge in [0.2, 0.25) is 5.91 Å². The number of esters is 1. The highest BCUT2D eigenvalue weighted by atomic mass is 16.5. The Morgan fingerprint density at radius 3 is 2.48 bits per heavy atom. The van der Waals surface area contributed by atoms with Crippen molar-refractivity contribution < 1.29 is 18.7 Å². The molecule has 7 nitrogen and oxygen atoms in total. The second kappa shape index (κ2) is 9.89. The van der Waals surface area contributed by atoms with Gasteiger partial charge in [0.05, 0.1) is 32.2 Å². The van der Waals surface area contributed by atoms with Crippen LogP contribution in [-0.2, 0) is 16.1 Å². The summed E-state index contributed by atoms with van der Waals surface area (Å²) < 4.78 is 10.4. The first-order valence-corrected chi connectivity index (χ1v) is 9.41. The lowest BCUT2D eigenvalue weighted by molar-refractivity contribution is -0.123. The van der Waals surface area contributed by atoms with Gasteiger partial charge in [-0.2, -0.15) is 5.26 Å². The van der Waals surface area contributed by atoms with Crippen molar-refractivity contribution in [2.24, 2.45) is 0 Å². The molecule has 0 aliphatic heterocycles. The van der Waals surface area contributed by atoms with Crippen molar-refractivity contribution in [2.45, 2.75) is 39.8 Å². The van der Waals surface area contributed by atoms with E-state index in [9.17, 15) is 9.59 Å². The molecule has 2 rings (SSSR count). The highest BCUT2D eigenvalue weighted by molar-refractivity contribution is 5.97. The number of benzene rings is 1. The minimum atomic E-state index is -0.457. The first-order chi connectivity index (χ1) is 13.8. The van der Waals surface area contributed by atoms with E-state index < -0.39 is 12.0 Å². The van der Waals surface area contributed by atoms with Gasteiger partial charge in [-0.1, -0.05) is 17.7 Å². The van der Waals surface area contributed by atoms with E-state index in [-0.39, 0.29) is 12.3 Å². The van der Waals surface area contributed by atoms with Gasteiger partial charge in [-0.05, 0) is 46.0 Å². The number of hydrogen-bond acceptors (Lipinski definition) is 6. The Bertz CT molecular complexity index is 896. The van der Waals surface area contributed by atoms with E-state index in [0.29, 0.717) is 30.2 Å². The van der Waals surface area contributed by atoms with Crippen LogP contribution in [-0.4, -0.2) is 43.5 Å². The Balaban J connectivity index is 2.16. The smallest absolute Gasteiger partial charge is 0.341 e. The van der Waals surface area contributed by atoms with Crippen molar-refractivity contribution in [1.29, 1.82) is 5.26 Å². The monoisotopic (exact) mass is 397 g/mol. The molecule has 7 heteroatoms. The number of carbonyl (C=O) groups excluding carboxylic acids is 2. The van der Waals surface area contributed by atoms with Crippen LogP contribution in [0.25, 0.3) is 0 Å². The predicted molar refractivity (Wildman–Crippen MR) is 109 cm³/mol. The fourth-order valence-electron chi connectivity index (χ4n) is 2.98. The zero-order valence-corrected chi connectivity index (χ0v) is 17.6.